The molecule has 112 valence electrons. The van der Waals surface area contributed by atoms with E-state index in [1.54, 1.807) is 0 Å². The van der Waals surface area contributed by atoms with Crippen molar-refractivity contribution in [1.82, 2.24) is 9.62 Å². The standard InChI is InChI=1S/C13H18BrFN2O2S/c1-17-6-2-3-10(9-17)8-16-20(18,19)13-5-4-11(15)7-12(13)14/h4-5,7,10,16H,2-3,6,8-9H2,1H3. The second-order valence-electron chi connectivity index (χ2n) is 5.20. The van der Waals surface area contributed by atoms with Gasteiger partial charge in [-0.3, -0.25) is 0 Å². The molecule has 1 fully saturated rings. The third-order valence-corrected chi connectivity index (χ3v) is 5.87. The maximum Gasteiger partial charge on any atom is 0.241 e. The molecule has 7 heteroatoms. The lowest BCUT2D eigenvalue weighted by atomic mass is 9.99. The van der Waals surface area contributed by atoms with Gasteiger partial charge in [-0.05, 0) is 66.5 Å². The van der Waals surface area contributed by atoms with E-state index in [-0.39, 0.29) is 9.37 Å². The molecule has 1 aromatic carbocycles. The van der Waals surface area contributed by atoms with Gasteiger partial charge in [0.2, 0.25) is 10.0 Å². The number of rotatable bonds is 4. The SMILES string of the molecule is CN1CCCC(CNS(=O)(=O)c2ccc(F)cc2Br)C1. The van der Waals surface area contributed by atoms with Crippen molar-refractivity contribution >= 4 is 26.0 Å². The van der Waals surface area contributed by atoms with Crippen LogP contribution in [0.3, 0.4) is 0 Å². The summed E-state index contributed by atoms with van der Waals surface area (Å²) in [6.07, 6.45) is 2.11. The Morgan fingerprint density at radius 3 is 2.90 bits per heavy atom. The first-order valence-electron chi connectivity index (χ1n) is 6.52. The minimum absolute atomic E-state index is 0.0723. The minimum atomic E-state index is -3.61. The van der Waals surface area contributed by atoms with Crippen LogP contribution in [0.15, 0.2) is 27.6 Å². The van der Waals surface area contributed by atoms with Gasteiger partial charge in [-0.25, -0.2) is 17.5 Å². The largest absolute Gasteiger partial charge is 0.306 e. The third-order valence-electron chi connectivity index (χ3n) is 3.47. The van der Waals surface area contributed by atoms with Crippen molar-refractivity contribution < 1.29 is 12.8 Å². The summed E-state index contributed by atoms with van der Waals surface area (Å²) < 4.78 is 40.3. The molecule has 2 rings (SSSR count). The average molecular weight is 365 g/mol. The smallest absolute Gasteiger partial charge is 0.241 e. The van der Waals surface area contributed by atoms with Gasteiger partial charge in [0.05, 0.1) is 4.90 Å². The lowest BCUT2D eigenvalue weighted by Gasteiger charge is -2.29. The zero-order valence-corrected chi connectivity index (χ0v) is 13.7. The highest BCUT2D eigenvalue weighted by atomic mass is 79.9. The number of piperidine rings is 1. The highest BCUT2D eigenvalue weighted by Gasteiger charge is 2.22. The number of likely N-dealkylation sites (tertiary alicyclic amines) is 1. The molecule has 1 unspecified atom stereocenters. The molecule has 0 spiro atoms. The third kappa shape index (κ3) is 4.00. The Morgan fingerprint density at radius 1 is 1.50 bits per heavy atom. The Morgan fingerprint density at radius 2 is 2.25 bits per heavy atom. The van der Waals surface area contributed by atoms with Crippen molar-refractivity contribution in [3.8, 4) is 0 Å². The summed E-state index contributed by atoms with van der Waals surface area (Å²) in [4.78, 5) is 2.28. The molecule has 0 radical (unpaired) electrons. The Kier molecular flexibility index (Phi) is 5.17. The van der Waals surface area contributed by atoms with E-state index in [9.17, 15) is 12.8 Å². The van der Waals surface area contributed by atoms with Crippen molar-refractivity contribution in [3.63, 3.8) is 0 Å². The number of halogens is 2. The summed E-state index contributed by atoms with van der Waals surface area (Å²) in [7, 11) is -1.57. The predicted octanol–water partition coefficient (Wildman–Crippen LogP) is 2.21. The molecule has 1 saturated heterocycles. The van der Waals surface area contributed by atoms with Crippen molar-refractivity contribution in [2.45, 2.75) is 17.7 Å². The van der Waals surface area contributed by atoms with Gasteiger partial charge in [-0.1, -0.05) is 0 Å². The maximum absolute atomic E-state index is 13.0. The van der Waals surface area contributed by atoms with Gasteiger partial charge in [0.25, 0.3) is 0 Å². The number of sulfonamides is 1. The highest BCUT2D eigenvalue weighted by Crippen LogP contribution is 2.23. The van der Waals surface area contributed by atoms with E-state index in [0.717, 1.165) is 38.1 Å². The van der Waals surface area contributed by atoms with Gasteiger partial charge in [-0.2, -0.15) is 0 Å². The summed E-state index contributed by atoms with van der Waals surface area (Å²) in [5.74, 6) is -0.146. The van der Waals surface area contributed by atoms with Crippen LogP contribution in [-0.4, -0.2) is 40.0 Å². The molecule has 1 aromatic rings. The number of benzene rings is 1. The van der Waals surface area contributed by atoms with Crippen LogP contribution in [-0.2, 0) is 10.0 Å². The maximum atomic E-state index is 13.0. The number of hydrogen-bond acceptors (Lipinski definition) is 3. The Hall–Kier alpha value is -0.500. The lowest BCUT2D eigenvalue weighted by molar-refractivity contribution is 0.211. The zero-order chi connectivity index (χ0) is 14.8. The van der Waals surface area contributed by atoms with E-state index >= 15 is 0 Å². The van der Waals surface area contributed by atoms with Crippen molar-refractivity contribution in [3.05, 3.63) is 28.5 Å². The van der Waals surface area contributed by atoms with Crippen molar-refractivity contribution in [1.29, 1.82) is 0 Å². The molecular weight excluding hydrogens is 347 g/mol. The molecule has 0 aliphatic carbocycles. The van der Waals surface area contributed by atoms with Gasteiger partial charge in [0.1, 0.15) is 5.82 Å². The fraction of sp³-hybridized carbons (Fsp3) is 0.538. The predicted molar refractivity (Wildman–Crippen MR) is 79.5 cm³/mol. The summed E-state index contributed by atoms with van der Waals surface area (Å²) in [5, 5.41) is 0. The molecule has 20 heavy (non-hydrogen) atoms. The van der Waals surface area contributed by atoms with Crippen LogP contribution in [0.2, 0.25) is 0 Å². The number of nitrogens with zero attached hydrogens (tertiary/aromatic N) is 1. The summed E-state index contributed by atoms with van der Waals surface area (Å²) in [6, 6.07) is 3.57. The number of nitrogens with one attached hydrogen (secondary N) is 1. The molecule has 0 amide bonds. The zero-order valence-electron chi connectivity index (χ0n) is 11.3. The number of hydrogen-bond donors (Lipinski definition) is 1. The van der Waals surface area contributed by atoms with Crippen LogP contribution in [0, 0.1) is 11.7 Å². The van der Waals surface area contributed by atoms with Crippen LogP contribution in [0.1, 0.15) is 12.8 Å². The Labute approximate surface area is 127 Å². The molecule has 1 aliphatic rings. The van der Waals surface area contributed by atoms with Gasteiger partial charge in [-0.15, -0.1) is 0 Å². The Balaban J connectivity index is 2.03. The molecule has 0 saturated carbocycles. The minimum Gasteiger partial charge on any atom is -0.306 e. The summed E-state index contributed by atoms with van der Waals surface area (Å²) in [6.45, 7) is 2.37. The fourth-order valence-electron chi connectivity index (χ4n) is 2.44. The quantitative estimate of drug-likeness (QED) is 0.890. The van der Waals surface area contributed by atoms with Crippen LogP contribution < -0.4 is 4.72 Å². The normalized spacial score (nSPS) is 21.1. The van der Waals surface area contributed by atoms with Crippen LogP contribution in [0.5, 0.6) is 0 Å². The molecule has 0 bridgehead atoms. The topological polar surface area (TPSA) is 49.4 Å². The fourth-order valence-corrected chi connectivity index (χ4v) is 4.60. The first-order valence-corrected chi connectivity index (χ1v) is 8.79. The molecule has 0 aromatic heterocycles. The molecular formula is C13H18BrFN2O2S. The Bertz CT molecular complexity index is 580. The van der Waals surface area contributed by atoms with E-state index in [2.05, 4.69) is 25.6 Å². The average Bonchev–Trinajstić information content (AvgIpc) is 2.36. The second kappa shape index (κ2) is 6.51. The van der Waals surface area contributed by atoms with E-state index in [4.69, 9.17) is 0 Å². The molecule has 1 heterocycles. The van der Waals surface area contributed by atoms with Crippen LogP contribution >= 0.6 is 15.9 Å². The molecule has 4 nitrogen and oxygen atoms in total. The first kappa shape index (κ1) is 15.9. The highest BCUT2D eigenvalue weighted by molar-refractivity contribution is 9.10. The van der Waals surface area contributed by atoms with Crippen molar-refractivity contribution in [2.24, 2.45) is 5.92 Å². The van der Waals surface area contributed by atoms with E-state index in [1.807, 2.05) is 7.05 Å². The van der Waals surface area contributed by atoms with Gasteiger partial charge in [0.15, 0.2) is 0 Å². The van der Waals surface area contributed by atoms with Gasteiger partial charge >= 0.3 is 0 Å². The van der Waals surface area contributed by atoms with E-state index < -0.39 is 15.8 Å². The summed E-state index contributed by atoms with van der Waals surface area (Å²) >= 11 is 3.09. The monoisotopic (exact) mass is 364 g/mol. The van der Waals surface area contributed by atoms with Crippen LogP contribution in [0.4, 0.5) is 4.39 Å². The van der Waals surface area contributed by atoms with E-state index in [1.165, 1.54) is 6.07 Å². The van der Waals surface area contributed by atoms with Crippen LogP contribution in [0.25, 0.3) is 0 Å². The molecule has 1 aliphatic heterocycles. The van der Waals surface area contributed by atoms with Gasteiger partial charge in [0, 0.05) is 17.6 Å². The van der Waals surface area contributed by atoms with Crippen molar-refractivity contribution in [2.75, 3.05) is 26.7 Å². The second-order valence-corrected chi connectivity index (χ2v) is 7.79. The summed E-state index contributed by atoms with van der Waals surface area (Å²) in [5.41, 5.74) is 0. The van der Waals surface area contributed by atoms with Gasteiger partial charge < -0.3 is 4.90 Å². The first-order chi connectivity index (χ1) is 9.38. The molecule has 1 N–H and O–H groups in total. The molecule has 1 atom stereocenters. The lowest BCUT2D eigenvalue weighted by Crippen LogP contribution is -2.39. The van der Waals surface area contributed by atoms with E-state index in [0.29, 0.717) is 12.5 Å².